The van der Waals surface area contributed by atoms with E-state index in [0.717, 1.165) is 65.9 Å². The Hall–Kier alpha value is -3.35. The van der Waals surface area contributed by atoms with E-state index in [1.54, 1.807) is 18.4 Å². The van der Waals surface area contributed by atoms with E-state index in [1.807, 2.05) is 31.2 Å². The fourth-order valence-electron chi connectivity index (χ4n) is 4.68. The number of ether oxygens (including phenoxy) is 3. The molecule has 0 bridgehead atoms. The van der Waals surface area contributed by atoms with Gasteiger partial charge in [-0.1, -0.05) is 41.8 Å². The van der Waals surface area contributed by atoms with Gasteiger partial charge in [0.1, 0.15) is 35.6 Å². The first-order chi connectivity index (χ1) is 19.6. The van der Waals surface area contributed by atoms with Gasteiger partial charge in [-0.15, -0.1) is 22.4 Å². The molecule has 9 heteroatoms. The number of methoxy groups -OCH3 is 1. The first-order valence-electron chi connectivity index (χ1n) is 13.1. The summed E-state index contributed by atoms with van der Waals surface area (Å²) in [5, 5.41) is 12.9. The number of aryl methyl sites for hydroxylation is 1. The van der Waals surface area contributed by atoms with Crippen LogP contribution in [0, 0.1) is 18.8 Å². The summed E-state index contributed by atoms with van der Waals surface area (Å²) in [5.41, 5.74) is 6.40. The van der Waals surface area contributed by atoms with Gasteiger partial charge < -0.3 is 14.2 Å². The lowest BCUT2D eigenvalue weighted by atomic mass is 9.94. The summed E-state index contributed by atoms with van der Waals surface area (Å²) in [6, 6.07) is 20.6. The molecule has 1 aliphatic heterocycles. The predicted molar refractivity (Wildman–Crippen MR) is 173 cm³/mol. The van der Waals surface area contributed by atoms with Crippen LogP contribution in [0.1, 0.15) is 36.0 Å². The molecule has 0 saturated heterocycles. The highest BCUT2D eigenvalue weighted by atomic mass is 35.5. The number of hydrogen-bond donors (Lipinski definition) is 0. The van der Waals surface area contributed by atoms with Crippen molar-refractivity contribution in [1.82, 2.24) is 0 Å². The molecule has 3 aromatic carbocycles. The molecule has 1 aliphatic rings. The fourth-order valence-corrected chi connectivity index (χ4v) is 6.05. The monoisotopic (exact) mass is 605 g/mol. The molecule has 6 nitrogen and oxygen atoms in total. The normalized spacial score (nSPS) is 12.8. The van der Waals surface area contributed by atoms with Gasteiger partial charge in [0.15, 0.2) is 0 Å². The lowest BCUT2D eigenvalue weighted by molar-refractivity contribution is 0.146. The van der Waals surface area contributed by atoms with Gasteiger partial charge in [0.05, 0.1) is 18.2 Å². The summed E-state index contributed by atoms with van der Waals surface area (Å²) in [6.45, 7) is 6.00. The second kappa shape index (κ2) is 14.5. The first-order valence-corrected chi connectivity index (χ1v) is 14.3. The van der Waals surface area contributed by atoms with Crippen LogP contribution >= 0.6 is 36.4 Å². The van der Waals surface area contributed by atoms with Gasteiger partial charge in [-0.05, 0) is 77.7 Å². The summed E-state index contributed by atoms with van der Waals surface area (Å²) >= 11 is 8.36. The minimum Gasteiger partial charge on any atom is -0.491 e. The number of fused-ring (bicyclic) bond motifs is 1. The molecule has 0 saturated carbocycles. The number of benzene rings is 3. The molecule has 212 valence electrons. The number of rotatable bonds is 11. The Labute approximate surface area is 256 Å². The Balaban J connectivity index is 0.00000387. The van der Waals surface area contributed by atoms with E-state index in [9.17, 15) is 0 Å². The highest BCUT2D eigenvalue weighted by Gasteiger charge is 2.17. The van der Waals surface area contributed by atoms with Crippen LogP contribution in [-0.2, 0) is 11.3 Å². The Bertz CT molecular complexity index is 1620. The van der Waals surface area contributed by atoms with Crippen molar-refractivity contribution in [2.75, 3.05) is 26.9 Å². The minimum atomic E-state index is 0. The van der Waals surface area contributed by atoms with Crippen molar-refractivity contribution in [2.24, 2.45) is 15.4 Å². The molecular weight excluding hydrogens is 574 g/mol. The van der Waals surface area contributed by atoms with Crippen LogP contribution in [0.25, 0.3) is 21.2 Å². The quantitative estimate of drug-likeness (QED) is 0.127. The molecule has 0 amide bonds. The zero-order valence-electron chi connectivity index (χ0n) is 23.2. The summed E-state index contributed by atoms with van der Waals surface area (Å²) < 4.78 is 18.9. The van der Waals surface area contributed by atoms with Crippen LogP contribution in [0.3, 0.4) is 0 Å². The second-order valence-corrected chi connectivity index (χ2v) is 11.1. The highest BCUT2D eigenvalue weighted by Crippen LogP contribution is 2.44. The van der Waals surface area contributed by atoms with Crippen molar-refractivity contribution in [3.05, 3.63) is 81.7 Å². The molecule has 1 atom stereocenters. The van der Waals surface area contributed by atoms with E-state index in [-0.39, 0.29) is 19.4 Å². The zero-order valence-corrected chi connectivity index (χ0v) is 25.8. The van der Waals surface area contributed by atoms with E-state index in [1.165, 1.54) is 0 Å². The number of hydrogen-bond acceptors (Lipinski definition) is 7. The van der Waals surface area contributed by atoms with Gasteiger partial charge >= 0.3 is 0 Å². The largest absolute Gasteiger partial charge is 0.491 e. The highest BCUT2D eigenvalue weighted by molar-refractivity contribution is 7.59. The molecule has 5 rings (SSSR count). The molecule has 2 heterocycles. The molecule has 41 heavy (non-hydrogen) atoms. The van der Waals surface area contributed by atoms with Gasteiger partial charge in [0.25, 0.3) is 0 Å². The molecule has 4 aromatic rings. The van der Waals surface area contributed by atoms with Gasteiger partial charge in [0.2, 0.25) is 0 Å². The maximum atomic E-state index is 6.77. The van der Waals surface area contributed by atoms with Crippen molar-refractivity contribution in [3.63, 3.8) is 0 Å². The van der Waals surface area contributed by atoms with E-state index >= 15 is 0 Å². The van der Waals surface area contributed by atoms with E-state index in [2.05, 4.69) is 70.6 Å². The summed E-state index contributed by atoms with van der Waals surface area (Å²) in [7, 11) is 1.67. The second-order valence-electron chi connectivity index (χ2n) is 9.46. The van der Waals surface area contributed by atoms with Gasteiger partial charge in [-0.2, -0.15) is 18.6 Å². The number of nitrogens with zero attached hydrogens (tertiary/aromatic N) is 3. The zero-order chi connectivity index (χ0) is 27.9. The van der Waals surface area contributed by atoms with Gasteiger partial charge in [0, 0.05) is 29.2 Å². The van der Waals surface area contributed by atoms with E-state index in [4.69, 9.17) is 25.8 Å². The molecular formula is C32H32ClN3O3S2. The standard InChI is InChI=1S/C32H30ClN3O3S.H2S/c1-4-5-24(18-25-19-34-36-35-25)23-7-9-26(10-8-23)39-20-22-6-13-30-29(17-22)31(32(33)40-30)28-12-11-27(16-21(28)2)38-15-14-37-3;/h6-13,16-17,24H,14-15,18-20H2,1-3H3;1H2/t24-;/m0./s1. The third kappa shape index (κ3) is 7.49. The lowest BCUT2D eigenvalue weighted by Crippen LogP contribution is -2.07. The minimum absolute atomic E-state index is 0. The van der Waals surface area contributed by atoms with Crippen molar-refractivity contribution < 1.29 is 14.2 Å². The van der Waals surface area contributed by atoms with Gasteiger partial charge in [-0.3, -0.25) is 0 Å². The third-order valence-electron chi connectivity index (χ3n) is 6.68. The van der Waals surface area contributed by atoms with Crippen molar-refractivity contribution >= 4 is 52.2 Å². The first kappa shape index (κ1) is 30.6. The van der Waals surface area contributed by atoms with Crippen molar-refractivity contribution in [1.29, 1.82) is 0 Å². The molecule has 0 fully saturated rings. The SMILES string of the molecule is CC#C[C@@H](CC1=NN=NC1)c1ccc(OCc2ccc3sc(Cl)c(-c4ccc(OCCOC)cc4C)c3c2)cc1.S. The number of thiophene rings is 1. The average molecular weight is 606 g/mol. The fraction of sp³-hybridized carbons (Fsp3) is 0.281. The molecule has 0 radical (unpaired) electrons. The van der Waals surface area contributed by atoms with Crippen LogP contribution in [0.4, 0.5) is 0 Å². The summed E-state index contributed by atoms with van der Waals surface area (Å²) in [5.74, 6) is 8.00. The van der Waals surface area contributed by atoms with Crippen LogP contribution in [0.15, 0.2) is 76.1 Å². The van der Waals surface area contributed by atoms with Crippen LogP contribution in [0.5, 0.6) is 11.5 Å². The van der Waals surface area contributed by atoms with Crippen molar-refractivity contribution in [3.8, 4) is 34.5 Å². The molecule has 0 unspecified atom stereocenters. The predicted octanol–water partition coefficient (Wildman–Crippen LogP) is 8.57. The molecule has 0 aliphatic carbocycles. The smallest absolute Gasteiger partial charge is 0.119 e. The molecule has 0 N–H and O–H groups in total. The maximum Gasteiger partial charge on any atom is 0.119 e. The van der Waals surface area contributed by atoms with Crippen LogP contribution in [-0.4, -0.2) is 32.6 Å². The Morgan fingerprint density at radius 3 is 2.51 bits per heavy atom. The maximum absolute atomic E-state index is 6.77. The lowest BCUT2D eigenvalue weighted by Gasteiger charge is -2.13. The Morgan fingerprint density at radius 2 is 1.80 bits per heavy atom. The number of halogens is 1. The van der Waals surface area contributed by atoms with E-state index in [0.29, 0.717) is 26.4 Å². The molecule has 1 aromatic heterocycles. The Morgan fingerprint density at radius 1 is 1.00 bits per heavy atom. The van der Waals surface area contributed by atoms with E-state index < -0.39 is 0 Å². The summed E-state index contributed by atoms with van der Waals surface area (Å²) in [6.07, 6.45) is 0.725. The average Bonchev–Trinajstić information content (AvgIpc) is 3.59. The van der Waals surface area contributed by atoms with Crippen LogP contribution < -0.4 is 9.47 Å². The molecule has 0 spiro atoms. The van der Waals surface area contributed by atoms with Gasteiger partial charge in [-0.25, -0.2) is 0 Å². The third-order valence-corrected chi connectivity index (χ3v) is 8.06. The summed E-state index contributed by atoms with van der Waals surface area (Å²) in [4.78, 5) is 0. The van der Waals surface area contributed by atoms with Crippen molar-refractivity contribution in [2.45, 2.75) is 32.8 Å². The Kier molecular flexibility index (Phi) is 10.8. The topological polar surface area (TPSA) is 64.8 Å². The van der Waals surface area contributed by atoms with Crippen LogP contribution in [0.2, 0.25) is 4.34 Å².